The number of allylic oxidation sites excluding steroid dienone is 1. The van der Waals surface area contributed by atoms with E-state index in [1.807, 2.05) is 0 Å². The van der Waals surface area contributed by atoms with Gasteiger partial charge in [-0.15, -0.1) is 0 Å². The lowest BCUT2D eigenvalue weighted by molar-refractivity contribution is 0.234. The van der Waals surface area contributed by atoms with Crippen LogP contribution in [0.3, 0.4) is 0 Å². The van der Waals surface area contributed by atoms with Gasteiger partial charge in [0.1, 0.15) is 0 Å². The first-order chi connectivity index (χ1) is 22.0. The van der Waals surface area contributed by atoms with Crippen molar-refractivity contribution in [3.8, 4) is 0 Å². The monoisotopic (exact) mass is 657 g/mol. The molecular weight excluding hydrogens is 577 g/mol. The SMILES string of the molecule is CCCCCCCCCCCCCCCCCC/C=C/C(CCCCCCCCCCCCCCCCCC)COS(=O)(=O)O. The lowest BCUT2D eigenvalue weighted by atomic mass is 9.99. The summed E-state index contributed by atoms with van der Waals surface area (Å²) in [5.74, 6) is 0.0552. The molecule has 1 atom stereocenters. The summed E-state index contributed by atoms with van der Waals surface area (Å²) < 4.78 is 36.0. The highest BCUT2D eigenvalue weighted by molar-refractivity contribution is 7.80. The lowest BCUT2D eigenvalue weighted by Crippen LogP contribution is -2.12. The molecule has 0 radical (unpaired) electrons. The van der Waals surface area contributed by atoms with Gasteiger partial charge in [0.2, 0.25) is 0 Å². The van der Waals surface area contributed by atoms with E-state index >= 15 is 0 Å². The molecule has 0 aliphatic carbocycles. The Labute approximate surface area is 283 Å². The second-order valence-corrected chi connectivity index (χ2v) is 15.2. The van der Waals surface area contributed by atoms with Gasteiger partial charge in [-0.3, -0.25) is 4.55 Å². The van der Waals surface area contributed by atoms with Crippen LogP contribution in [0.5, 0.6) is 0 Å². The topological polar surface area (TPSA) is 63.6 Å². The molecule has 0 aliphatic rings. The van der Waals surface area contributed by atoms with Gasteiger partial charge in [-0.1, -0.05) is 225 Å². The third-order valence-electron chi connectivity index (χ3n) is 9.49. The molecule has 45 heavy (non-hydrogen) atoms. The summed E-state index contributed by atoms with van der Waals surface area (Å²) in [4.78, 5) is 0. The third kappa shape index (κ3) is 39.7. The van der Waals surface area contributed by atoms with E-state index < -0.39 is 10.4 Å². The number of rotatable bonds is 38. The van der Waals surface area contributed by atoms with Gasteiger partial charge in [0.15, 0.2) is 0 Å². The van der Waals surface area contributed by atoms with Crippen molar-refractivity contribution >= 4 is 10.4 Å². The average molecular weight is 657 g/mol. The van der Waals surface area contributed by atoms with Crippen molar-refractivity contribution in [2.75, 3.05) is 6.61 Å². The van der Waals surface area contributed by atoms with Gasteiger partial charge >= 0.3 is 10.4 Å². The standard InChI is InChI=1S/C40H80O4S/c1-3-5-7-9-11-13-15-17-19-21-22-24-26-28-30-32-34-36-38-40(39-44-45(41,42)43)37-35-33-31-29-27-25-23-20-18-16-14-12-10-8-6-4-2/h36,38,40H,3-35,37,39H2,1-2H3,(H,41,42,43)/b38-36+. The van der Waals surface area contributed by atoms with E-state index in [9.17, 15) is 8.42 Å². The summed E-state index contributed by atoms with van der Waals surface area (Å²) in [6.45, 7) is 4.61. The molecule has 0 rings (SSSR count). The molecule has 0 heterocycles. The van der Waals surface area contributed by atoms with Crippen LogP contribution in [0.25, 0.3) is 0 Å². The first-order valence-electron chi connectivity index (χ1n) is 20.3. The predicted octanol–water partition coefficient (Wildman–Crippen LogP) is 14.3. The van der Waals surface area contributed by atoms with Crippen LogP contribution in [0.4, 0.5) is 0 Å². The normalized spacial score (nSPS) is 12.9. The molecule has 0 aromatic heterocycles. The quantitative estimate of drug-likeness (QED) is 0.0408. The van der Waals surface area contributed by atoms with Gasteiger partial charge in [0.05, 0.1) is 6.61 Å². The third-order valence-corrected chi connectivity index (χ3v) is 9.93. The lowest BCUT2D eigenvalue weighted by Gasteiger charge is -2.12. The Morgan fingerprint density at radius 1 is 0.467 bits per heavy atom. The highest BCUT2D eigenvalue weighted by Gasteiger charge is 2.11. The number of unbranched alkanes of at least 4 members (excludes halogenated alkanes) is 31. The molecule has 0 spiro atoms. The fourth-order valence-corrected chi connectivity index (χ4v) is 6.81. The number of hydrogen-bond donors (Lipinski definition) is 1. The second-order valence-electron chi connectivity index (χ2n) is 14.1. The van der Waals surface area contributed by atoms with Crippen LogP contribution >= 0.6 is 0 Å². The zero-order chi connectivity index (χ0) is 32.9. The molecule has 270 valence electrons. The van der Waals surface area contributed by atoms with Crippen LogP contribution in [-0.4, -0.2) is 19.6 Å². The Morgan fingerprint density at radius 2 is 0.756 bits per heavy atom. The van der Waals surface area contributed by atoms with Gasteiger partial charge in [-0.2, -0.15) is 8.42 Å². The fourth-order valence-electron chi connectivity index (χ4n) is 6.46. The molecule has 0 amide bonds. The van der Waals surface area contributed by atoms with Gasteiger partial charge in [0, 0.05) is 5.92 Å². The molecule has 0 saturated heterocycles. The first kappa shape index (κ1) is 44.6. The van der Waals surface area contributed by atoms with E-state index in [0.717, 1.165) is 19.3 Å². The fraction of sp³-hybridized carbons (Fsp3) is 0.950. The maximum Gasteiger partial charge on any atom is 0.397 e. The average Bonchev–Trinajstić information content (AvgIpc) is 3.02. The Hall–Kier alpha value is -0.390. The molecule has 0 fully saturated rings. The maximum absolute atomic E-state index is 11.1. The summed E-state index contributed by atoms with van der Waals surface area (Å²) in [6, 6.07) is 0. The highest BCUT2D eigenvalue weighted by Crippen LogP contribution is 2.18. The second kappa shape index (κ2) is 36.4. The van der Waals surface area contributed by atoms with E-state index in [1.165, 1.54) is 199 Å². The number of hydrogen-bond acceptors (Lipinski definition) is 3. The molecular formula is C40H80O4S. The zero-order valence-electron chi connectivity index (χ0n) is 30.6. The summed E-state index contributed by atoms with van der Waals surface area (Å²) in [5.41, 5.74) is 0. The van der Waals surface area contributed by atoms with E-state index in [0.29, 0.717) is 0 Å². The highest BCUT2D eigenvalue weighted by atomic mass is 32.3. The Bertz CT molecular complexity index is 690. The smallest absolute Gasteiger partial charge is 0.264 e. The van der Waals surface area contributed by atoms with Crippen LogP contribution < -0.4 is 0 Å². The van der Waals surface area contributed by atoms with Crippen molar-refractivity contribution in [2.45, 2.75) is 232 Å². The van der Waals surface area contributed by atoms with Gasteiger partial charge < -0.3 is 0 Å². The molecule has 1 N–H and O–H groups in total. The first-order valence-corrected chi connectivity index (χ1v) is 21.6. The molecule has 5 heteroatoms. The summed E-state index contributed by atoms with van der Waals surface area (Å²) >= 11 is 0. The summed E-state index contributed by atoms with van der Waals surface area (Å²) in [7, 11) is -4.38. The van der Waals surface area contributed by atoms with Crippen molar-refractivity contribution in [3.05, 3.63) is 12.2 Å². The molecule has 0 aromatic carbocycles. The Balaban J connectivity index is 3.71. The van der Waals surface area contributed by atoms with Crippen LogP contribution in [0.15, 0.2) is 12.2 Å². The minimum Gasteiger partial charge on any atom is -0.264 e. The van der Waals surface area contributed by atoms with E-state index in [4.69, 9.17) is 8.74 Å². The molecule has 0 bridgehead atoms. The van der Waals surface area contributed by atoms with Crippen molar-refractivity contribution < 1.29 is 17.2 Å². The molecule has 0 aliphatic heterocycles. The Morgan fingerprint density at radius 3 is 1.07 bits per heavy atom. The van der Waals surface area contributed by atoms with Crippen LogP contribution in [-0.2, 0) is 14.6 Å². The van der Waals surface area contributed by atoms with Crippen LogP contribution in [0.1, 0.15) is 232 Å². The van der Waals surface area contributed by atoms with Crippen molar-refractivity contribution in [1.82, 2.24) is 0 Å². The van der Waals surface area contributed by atoms with Gasteiger partial charge in [-0.25, -0.2) is 4.18 Å². The van der Waals surface area contributed by atoms with E-state index in [-0.39, 0.29) is 12.5 Å². The van der Waals surface area contributed by atoms with Crippen LogP contribution in [0, 0.1) is 5.92 Å². The largest absolute Gasteiger partial charge is 0.397 e. The zero-order valence-corrected chi connectivity index (χ0v) is 31.4. The van der Waals surface area contributed by atoms with Gasteiger partial charge in [0.25, 0.3) is 0 Å². The minimum atomic E-state index is -4.38. The van der Waals surface area contributed by atoms with E-state index in [1.54, 1.807) is 0 Å². The molecule has 4 nitrogen and oxygen atoms in total. The molecule has 0 aromatic rings. The van der Waals surface area contributed by atoms with Crippen molar-refractivity contribution in [2.24, 2.45) is 5.92 Å². The molecule has 1 unspecified atom stereocenters. The predicted molar refractivity (Wildman–Crippen MR) is 198 cm³/mol. The van der Waals surface area contributed by atoms with Crippen molar-refractivity contribution in [3.63, 3.8) is 0 Å². The Kier molecular flexibility index (Phi) is 36.1. The maximum atomic E-state index is 11.1. The van der Waals surface area contributed by atoms with Crippen molar-refractivity contribution in [1.29, 1.82) is 0 Å². The van der Waals surface area contributed by atoms with E-state index in [2.05, 4.69) is 26.0 Å². The van der Waals surface area contributed by atoms with Gasteiger partial charge in [-0.05, 0) is 19.3 Å². The summed E-state index contributed by atoms with van der Waals surface area (Å²) in [5, 5.41) is 0. The molecule has 0 saturated carbocycles. The van der Waals surface area contributed by atoms with Crippen LogP contribution in [0.2, 0.25) is 0 Å². The minimum absolute atomic E-state index is 0.0486. The summed E-state index contributed by atoms with van der Waals surface area (Å²) in [6.07, 6.45) is 50.0.